The molecule has 1 rings (SSSR count). The summed E-state index contributed by atoms with van der Waals surface area (Å²) in [6.07, 6.45) is 2.73. The summed E-state index contributed by atoms with van der Waals surface area (Å²) in [4.78, 5) is 14.9. The van der Waals surface area contributed by atoms with Gasteiger partial charge in [0.05, 0.1) is 6.20 Å². The van der Waals surface area contributed by atoms with E-state index in [2.05, 4.69) is 16.5 Å². The standard InChI is InChI=1S/C3H3N3O2.CHN/c7-6(8)3-4-1-2-5-3;1-2/h1-2H,(H,4,5);1H. The van der Waals surface area contributed by atoms with Crippen LogP contribution in [-0.4, -0.2) is 14.9 Å². The molecule has 0 saturated carbocycles. The molecule has 0 aliphatic rings. The number of aromatic nitrogens is 2. The average Bonchev–Trinajstić information content (AvgIpc) is 2.42. The largest absolute Gasteiger partial charge is 0.432 e. The average molecular weight is 140 g/mol. The van der Waals surface area contributed by atoms with Crippen LogP contribution in [-0.2, 0) is 0 Å². The Bertz CT molecular complexity index is 214. The number of nitrogens with one attached hydrogen (secondary N) is 1. The maximum atomic E-state index is 9.77. The summed E-state index contributed by atoms with van der Waals surface area (Å²) in [6.45, 7) is 3.50. The third kappa shape index (κ3) is 1.92. The molecule has 1 N–H and O–H groups in total. The number of imidazole rings is 1. The number of rotatable bonds is 1. The van der Waals surface area contributed by atoms with E-state index >= 15 is 0 Å². The summed E-state index contributed by atoms with van der Waals surface area (Å²) >= 11 is 0. The summed E-state index contributed by atoms with van der Waals surface area (Å²) in [5.74, 6) is -0.218. The van der Waals surface area contributed by atoms with E-state index in [1.165, 1.54) is 12.4 Å². The van der Waals surface area contributed by atoms with E-state index in [-0.39, 0.29) is 5.95 Å². The van der Waals surface area contributed by atoms with Gasteiger partial charge < -0.3 is 10.1 Å². The molecule has 0 unspecified atom stereocenters. The zero-order chi connectivity index (χ0) is 7.98. The zero-order valence-corrected chi connectivity index (χ0v) is 4.89. The molecule has 52 valence electrons. The molecule has 0 fully saturated rings. The summed E-state index contributed by atoms with van der Waals surface area (Å²) in [5, 5.41) is 16.3. The van der Waals surface area contributed by atoms with Gasteiger partial charge in [-0.1, -0.05) is 4.98 Å². The van der Waals surface area contributed by atoms with Gasteiger partial charge in [-0.05, 0) is 4.92 Å². The van der Waals surface area contributed by atoms with Gasteiger partial charge in [-0.2, -0.15) is 0 Å². The molecule has 6 nitrogen and oxygen atoms in total. The summed E-state index contributed by atoms with van der Waals surface area (Å²) in [5.41, 5.74) is 0. The van der Waals surface area contributed by atoms with Crippen LogP contribution in [0.5, 0.6) is 0 Å². The second kappa shape index (κ2) is 4.03. The minimum atomic E-state index is -0.583. The van der Waals surface area contributed by atoms with Crippen LogP contribution in [0.3, 0.4) is 0 Å². The van der Waals surface area contributed by atoms with Gasteiger partial charge in [0.1, 0.15) is 6.20 Å². The molecule has 0 aliphatic carbocycles. The van der Waals surface area contributed by atoms with Crippen LogP contribution in [0, 0.1) is 21.9 Å². The van der Waals surface area contributed by atoms with Gasteiger partial charge in [-0.15, -0.1) is 0 Å². The van der Waals surface area contributed by atoms with E-state index in [1.807, 2.05) is 0 Å². The van der Waals surface area contributed by atoms with Crippen LogP contribution in [0.15, 0.2) is 12.4 Å². The molecule has 0 bridgehead atoms. The SMILES string of the molecule is C#N.O=[N+]([O-])c1ncc[nH]1. The first-order valence-electron chi connectivity index (χ1n) is 2.20. The van der Waals surface area contributed by atoms with Crippen LogP contribution in [0.1, 0.15) is 0 Å². The molecule has 0 radical (unpaired) electrons. The minimum Gasteiger partial charge on any atom is -0.390 e. The number of H-pyrrole nitrogens is 1. The Morgan fingerprint density at radius 3 is 2.60 bits per heavy atom. The molecule has 6 heteroatoms. The molecular weight excluding hydrogens is 136 g/mol. The Morgan fingerprint density at radius 1 is 1.80 bits per heavy atom. The maximum absolute atomic E-state index is 9.77. The van der Waals surface area contributed by atoms with Gasteiger partial charge in [-0.25, -0.2) is 10.2 Å². The highest BCUT2D eigenvalue weighted by Gasteiger charge is 2.01. The van der Waals surface area contributed by atoms with Crippen LogP contribution in [0.25, 0.3) is 0 Å². The van der Waals surface area contributed by atoms with E-state index in [0.717, 1.165) is 0 Å². The van der Waals surface area contributed by atoms with Crippen molar-refractivity contribution in [3.05, 3.63) is 22.5 Å². The van der Waals surface area contributed by atoms with E-state index in [1.54, 1.807) is 0 Å². The fourth-order valence-electron chi connectivity index (χ4n) is 0.357. The van der Waals surface area contributed by atoms with Crippen molar-refractivity contribution >= 4 is 5.95 Å². The van der Waals surface area contributed by atoms with Crippen molar-refractivity contribution in [3.63, 3.8) is 0 Å². The molecular formula is C4H4N4O2. The highest BCUT2D eigenvalue weighted by molar-refractivity contribution is 5.00. The fraction of sp³-hybridized carbons (Fsp3) is 0. The maximum Gasteiger partial charge on any atom is 0.432 e. The third-order valence-corrected chi connectivity index (χ3v) is 0.657. The number of nitrogens with zero attached hydrogens (tertiary/aromatic N) is 3. The van der Waals surface area contributed by atoms with Crippen molar-refractivity contribution < 1.29 is 4.92 Å². The van der Waals surface area contributed by atoms with Gasteiger partial charge in [-0.3, -0.25) is 0 Å². The summed E-state index contributed by atoms with van der Waals surface area (Å²) in [7, 11) is 0. The second-order valence-corrected chi connectivity index (χ2v) is 1.17. The molecule has 1 aromatic heterocycles. The number of nitro groups is 1. The first-order chi connectivity index (χ1) is 4.80. The van der Waals surface area contributed by atoms with Gasteiger partial charge >= 0.3 is 5.95 Å². The van der Waals surface area contributed by atoms with Gasteiger partial charge in [0.2, 0.25) is 0 Å². The minimum absolute atomic E-state index is 0.218. The molecule has 10 heavy (non-hydrogen) atoms. The first kappa shape index (κ1) is 8.10. The Balaban J connectivity index is 0.000000371. The molecule has 0 saturated heterocycles. The number of aromatic amines is 1. The number of hydrogen-bond donors (Lipinski definition) is 1. The second-order valence-electron chi connectivity index (χ2n) is 1.17. The predicted molar refractivity (Wildman–Crippen MR) is 31.9 cm³/mol. The topological polar surface area (TPSA) is 95.6 Å². The van der Waals surface area contributed by atoms with Gasteiger partial charge in [0.15, 0.2) is 0 Å². The number of nitriles is 1. The van der Waals surface area contributed by atoms with E-state index in [9.17, 15) is 10.1 Å². The molecule has 0 amide bonds. The van der Waals surface area contributed by atoms with Crippen molar-refractivity contribution in [2.24, 2.45) is 0 Å². The molecule has 0 atom stereocenters. The smallest absolute Gasteiger partial charge is 0.390 e. The Kier molecular flexibility index (Phi) is 3.26. The third-order valence-electron chi connectivity index (χ3n) is 0.657. The lowest BCUT2D eigenvalue weighted by atomic mass is 11.0. The van der Waals surface area contributed by atoms with Crippen molar-refractivity contribution in [1.82, 2.24) is 9.97 Å². The Morgan fingerprint density at radius 2 is 2.40 bits per heavy atom. The highest BCUT2D eigenvalue weighted by atomic mass is 16.6. The monoisotopic (exact) mass is 140 g/mol. The predicted octanol–water partition coefficient (Wildman–Crippen LogP) is 0.458. The quantitative estimate of drug-likeness (QED) is 0.452. The first-order valence-corrected chi connectivity index (χ1v) is 2.20. The normalized spacial score (nSPS) is 7.40. The van der Waals surface area contributed by atoms with Crippen molar-refractivity contribution in [3.8, 4) is 6.57 Å². The lowest BCUT2D eigenvalue weighted by molar-refractivity contribution is -0.393. The Labute approximate surface area is 56.3 Å². The lowest BCUT2D eigenvalue weighted by Gasteiger charge is -1.83. The molecule has 1 heterocycles. The molecule has 1 aromatic rings. The molecule has 0 aromatic carbocycles. The van der Waals surface area contributed by atoms with Crippen LogP contribution < -0.4 is 0 Å². The fourth-order valence-corrected chi connectivity index (χ4v) is 0.357. The van der Waals surface area contributed by atoms with E-state index in [4.69, 9.17) is 5.26 Å². The van der Waals surface area contributed by atoms with Crippen molar-refractivity contribution in [1.29, 1.82) is 5.26 Å². The Hall–Kier alpha value is -1.90. The van der Waals surface area contributed by atoms with Crippen LogP contribution >= 0.6 is 0 Å². The van der Waals surface area contributed by atoms with Crippen LogP contribution in [0.4, 0.5) is 5.95 Å². The summed E-state index contributed by atoms with van der Waals surface area (Å²) < 4.78 is 0. The van der Waals surface area contributed by atoms with Gasteiger partial charge in [0, 0.05) is 6.57 Å². The van der Waals surface area contributed by atoms with E-state index < -0.39 is 4.92 Å². The highest BCUT2D eigenvalue weighted by Crippen LogP contribution is 1.96. The molecule has 0 aliphatic heterocycles. The molecule has 0 spiro atoms. The number of hydrogen-bond acceptors (Lipinski definition) is 4. The van der Waals surface area contributed by atoms with Crippen molar-refractivity contribution in [2.45, 2.75) is 0 Å². The van der Waals surface area contributed by atoms with Gasteiger partial charge in [0.25, 0.3) is 0 Å². The summed E-state index contributed by atoms with van der Waals surface area (Å²) in [6, 6.07) is 0. The van der Waals surface area contributed by atoms with Crippen molar-refractivity contribution in [2.75, 3.05) is 0 Å². The lowest BCUT2D eigenvalue weighted by Crippen LogP contribution is -1.88. The van der Waals surface area contributed by atoms with E-state index in [0.29, 0.717) is 0 Å². The van der Waals surface area contributed by atoms with Crippen LogP contribution in [0.2, 0.25) is 0 Å². The zero-order valence-electron chi connectivity index (χ0n) is 4.89.